The van der Waals surface area contributed by atoms with Crippen LogP contribution in [0.15, 0.2) is 29.2 Å². The lowest BCUT2D eigenvalue weighted by Crippen LogP contribution is -2.48. The van der Waals surface area contributed by atoms with Crippen LogP contribution in [0, 0.1) is 10.1 Å². The number of nitrogens with one attached hydrogen (secondary N) is 1. The van der Waals surface area contributed by atoms with Crippen molar-refractivity contribution in [3.63, 3.8) is 0 Å². The molecule has 0 aliphatic carbocycles. The molecule has 1 rings (SSSR count). The number of non-ortho nitro benzene ring substituents is 1. The fraction of sp³-hybridized carbons (Fsp3) is 0.455. The average Bonchev–Trinajstić information content (AvgIpc) is 2.38. The van der Waals surface area contributed by atoms with Gasteiger partial charge in [-0.2, -0.15) is 0 Å². The van der Waals surface area contributed by atoms with Crippen LogP contribution in [0.1, 0.15) is 20.3 Å². The van der Waals surface area contributed by atoms with E-state index in [4.69, 9.17) is 0 Å². The average molecular weight is 288 g/mol. The minimum Gasteiger partial charge on any atom is -0.394 e. The quantitative estimate of drug-likeness (QED) is 0.600. The summed E-state index contributed by atoms with van der Waals surface area (Å²) in [5.74, 6) is 0. The number of nitro benzene ring substituents is 1. The van der Waals surface area contributed by atoms with Crippen molar-refractivity contribution in [2.45, 2.75) is 30.7 Å². The summed E-state index contributed by atoms with van der Waals surface area (Å²) in [5.41, 5.74) is -1.14. The lowest BCUT2D eigenvalue weighted by atomic mass is 10.0. The molecule has 0 heterocycles. The second-order valence-corrected chi connectivity index (χ2v) is 6.11. The summed E-state index contributed by atoms with van der Waals surface area (Å²) in [6.45, 7) is 2.99. The highest BCUT2D eigenvalue weighted by Gasteiger charge is 2.28. The third kappa shape index (κ3) is 3.72. The first-order chi connectivity index (χ1) is 8.74. The van der Waals surface area contributed by atoms with Crippen molar-refractivity contribution in [3.8, 4) is 0 Å². The van der Waals surface area contributed by atoms with Crippen LogP contribution in [0.25, 0.3) is 0 Å². The van der Waals surface area contributed by atoms with Crippen LogP contribution < -0.4 is 4.72 Å². The number of aliphatic hydroxyl groups excluding tert-OH is 1. The molecule has 1 aromatic rings. The Bertz CT molecular complexity index is 549. The van der Waals surface area contributed by atoms with Gasteiger partial charge >= 0.3 is 0 Å². The van der Waals surface area contributed by atoms with E-state index in [1.165, 1.54) is 0 Å². The van der Waals surface area contributed by atoms with E-state index in [0.717, 1.165) is 24.3 Å². The summed E-state index contributed by atoms with van der Waals surface area (Å²) in [7, 11) is -3.82. The van der Waals surface area contributed by atoms with Gasteiger partial charge in [-0.05, 0) is 25.5 Å². The zero-order chi connectivity index (χ0) is 14.7. The Morgan fingerprint density at radius 1 is 1.37 bits per heavy atom. The number of hydrogen-bond acceptors (Lipinski definition) is 5. The zero-order valence-electron chi connectivity index (χ0n) is 10.7. The van der Waals surface area contributed by atoms with Gasteiger partial charge in [0.2, 0.25) is 10.0 Å². The van der Waals surface area contributed by atoms with Gasteiger partial charge in [-0.1, -0.05) is 6.92 Å². The Hall–Kier alpha value is -1.51. The fourth-order valence-electron chi connectivity index (χ4n) is 1.35. The molecule has 0 radical (unpaired) electrons. The lowest BCUT2D eigenvalue weighted by molar-refractivity contribution is -0.384. The number of nitrogens with zero attached hydrogens (tertiary/aromatic N) is 1. The van der Waals surface area contributed by atoms with Crippen molar-refractivity contribution in [1.29, 1.82) is 0 Å². The topological polar surface area (TPSA) is 110 Å². The van der Waals surface area contributed by atoms with Crippen LogP contribution in [-0.4, -0.2) is 30.6 Å². The van der Waals surface area contributed by atoms with Crippen LogP contribution in [-0.2, 0) is 10.0 Å². The Morgan fingerprint density at radius 2 is 1.89 bits per heavy atom. The summed E-state index contributed by atoms with van der Waals surface area (Å²) in [5, 5.41) is 19.7. The van der Waals surface area contributed by atoms with Crippen molar-refractivity contribution in [3.05, 3.63) is 34.4 Å². The van der Waals surface area contributed by atoms with E-state index in [2.05, 4.69) is 4.72 Å². The highest BCUT2D eigenvalue weighted by Crippen LogP contribution is 2.18. The molecule has 0 aromatic heterocycles. The van der Waals surface area contributed by atoms with Crippen LogP contribution in [0.4, 0.5) is 5.69 Å². The smallest absolute Gasteiger partial charge is 0.269 e. The number of nitro groups is 1. The largest absolute Gasteiger partial charge is 0.394 e. The summed E-state index contributed by atoms with van der Waals surface area (Å²) in [4.78, 5) is 9.81. The predicted molar refractivity (Wildman–Crippen MR) is 69.2 cm³/mol. The minimum atomic E-state index is -3.82. The Balaban J connectivity index is 3.04. The Kier molecular flexibility index (Phi) is 4.61. The number of aliphatic hydroxyl groups is 1. The molecule has 0 aliphatic rings. The van der Waals surface area contributed by atoms with E-state index in [-0.39, 0.29) is 17.2 Å². The normalized spacial score (nSPS) is 14.9. The first-order valence-electron chi connectivity index (χ1n) is 5.63. The monoisotopic (exact) mass is 288 g/mol. The van der Waals surface area contributed by atoms with Gasteiger partial charge in [0.25, 0.3) is 5.69 Å². The predicted octanol–water partition coefficient (Wildman–Crippen LogP) is 1.03. The van der Waals surface area contributed by atoms with Crippen LogP contribution in [0.2, 0.25) is 0 Å². The molecular weight excluding hydrogens is 272 g/mol. The minimum absolute atomic E-state index is 0.0776. The molecule has 0 bridgehead atoms. The molecule has 0 saturated heterocycles. The van der Waals surface area contributed by atoms with E-state index in [1.807, 2.05) is 0 Å². The Labute approximate surface area is 111 Å². The van der Waals surface area contributed by atoms with Gasteiger partial charge in [0.1, 0.15) is 0 Å². The molecule has 0 aliphatic heterocycles. The molecule has 1 atom stereocenters. The van der Waals surface area contributed by atoms with E-state index in [0.29, 0.717) is 6.42 Å². The van der Waals surface area contributed by atoms with Gasteiger partial charge in [0.05, 0.1) is 22.0 Å². The molecule has 1 aromatic carbocycles. The van der Waals surface area contributed by atoms with E-state index < -0.39 is 20.5 Å². The van der Waals surface area contributed by atoms with Crippen LogP contribution in [0.3, 0.4) is 0 Å². The molecular formula is C11H16N2O5S. The fourth-order valence-corrected chi connectivity index (χ4v) is 2.82. The highest BCUT2D eigenvalue weighted by molar-refractivity contribution is 7.89. The van der Waals surface area contributed by atoms with Crippen LogP contribution in [0.5, 0.6) is 0 Å². The third-order valence-electron chi connectivity index (χ3n) is 2.87. The van der Waals surface area contributed by atoms with Crippen molar-refractivity contribution in [2.24, 2.45) is 0 Å². The molecule has 0 spiro atoms. The van der Waals surface area contributed by atoms with Crippen molar-refractivity contribution in [2.75, 3.05) is 6.61 Å². The maximum Gasteiger partial charge on any atom is 0.269 e. The molecule has 0 amide bonds. The SMILES string of the molecule is CCC(C)(CO)NS(=O)(=O)c1ccc([N+](=O)[O-])cc1. The maximum absolute atomic E-state index is 12.1. The van der Waals surface area contributed by atoms with Gasteiger partial charge in [-0.3, -0.25) is 10.1 Å². The highest BCUT2D eigenvalue weighted by atomic mass is 32.2. The first-order valence-corrected chi connectivity index (χ1v) is 7.12. The second kappa shape index (κ2) is 5.64. The summed E-state index contributed by atoms with van der Waals surface area (Å²) in [6.07, 6.45) is 0.412. The molecule has 19 heavy (non-hydrogen) atoms. The van der Waals surface area contributed by atoms with Crippen molar-refractivity contribution < 1.29 is 18.4 Å². The standard InChI is InChI=1S/C11H16N2O5S/c1-3-11(2,8-14)12-19(17,18)10-6-4-9(5-7-10)13(15)16/h4-7,12,14H,3,8H2,1-2H3. The zero-order valence-corrected chi connectivity index (χ0v) is 11.5. The summed E-state index contributed by atoms with van der Waals surface area (Å²) >= 11 is 0. The molecule has 7 nitrogen and oxygen atoms in total. The molecule has 1 unspecified atom stereocenters. The summed E-state index contributed by atoms with van der Waals surface area (Å²) in [6, 6.07) is 4.56. The Morgan fingerprint density at radius 3 is 2.26 bits per heavy atom. The van der Waals surface area contributed by atoms with Crippen molar-refractivity contribution >= 4 is 15.7 Å². The van der Waals surface area contributed by atoms with Crippen molar-refractivity contribution in [1.82, 2.24) is 4.72 Å². The molecule has 8 heteroatoms. The number of benzene rings is 1. The second-order valence-electron chi connectivity index (χ2n) is 4.43. The van der Waals surface area contributed by atoms with Gasteiger partial charge in [0, 0.05) is 12.1 Å². The van der Waals surface area contributed by atoms with E-state index in [1.54, 1.807) is 13.8 Å². The third-order valence-corrected chi connectivity index (χ3v) is 4.52. The van der Waals surface area contributed by atoms with Gasteiger partial charge in [-0.15, -0.1) is 0 Å². The molecule has 106 valence electrons. The van der Waals surface area contributed by atoms with Gasteiger partial charge in [-0.25, -0.2) is 13.1 Å². The molecule has 0 fully saturated rings. The van der Waals surface area contributed by atoms with Gasteiger partial charge < -0.3 is 5.11 Å². The number of sulfonamides is 1. The number of rotatable bonds is 6. The van der Waals surface area contributed by atoms with Gasteiger partial charge in [0.15, 0.2) is 0 Å². The number of hydrogen-bond donors (Lipinski definition) is 2. The molecule has 2 N–H and O–H groups in total. The lowest BCUT2D eigenvalue weighted by Gasteiger charge is -2.26. The summed E-state index contributed by atoms with van der Waals surface area (Å²) < 4.78 is 26.5. The first kappa shape index (κ1) is 15.5. The van der Waals surface area contributed by atoms with E-state index >= 15 is 0 Å². The maximum atomic E-state index is 12.1. The molecule has 0 saturated carbocycles. The van der Waals surface area contributed by atoms with E-state index in [9.17, 15) is 23.6 Å². The van der Waals surface area contributed by atoms with Crippen LogP contribution >= 0.6 is 0 Å².